The van der Waals surface area contributed by atoms with E-state index in [1.54, 1.807) is 36.4 Å². The van der Waals surface area contributed by atoms with E-state index < -0.39 is 18.5 Å². The zero-order valence-electron chi connectivity index (χ0n) is 14.5. The fourth-order valence-corrected chi connectivity index (χ4v) is 3.15. The van der Waals surface area contributed by atoms with Gasteiger partial charge in [0.05, 0.1) is 10.7 Å². The third kappa shape index (κ3) is 5.87. The number of carboxylic acid groups (broad SMARTS) is 1. The molecule has 0 radical (unpaired) electrons. The predicted octanol–water partition coefficient (Wildman–Crippen LogP) is 3.96. The van der Waals surface area contributed by atoms with Gasteiger partial charge in [-0.05, 0) is 64.6 Å². The minimum atomic E-state index is -1.12. The van der Waals surface area contributed by atoms with Crippen molar-refractivity contribution in [3.8, 4) is 17.6 Å². The lowest BCUT2D eigenvalue weighted by Gasteiger charge is -2.12. The Morgan fingerprint density at radius 1 is 1.36 bits per heavy atom. The molecule has 2 N–H and O–H groups in total. The van der Waals surface area contributed by atoms with Crippen molar-refractivity contribution in [1.29, 1.82) is 5.26 Å². The molecule has 2 aromatic rings. The van der Waals surface area contributed by atoms with E-state index >= 15 is 0 Å². The van der Waals surface area contributed by atoms with Crippen LogP contribution in [0.15, 0.2) is 42.0 Å². The smallest absolute Gasteiger partial charge is 0.341 e. The van der Waals surface area contributed by atoms with E-state index in [1.807, 2.05) is 28.7 Å². The average Bonchev–Trinajstić information content (AvgIpc) is 2.64. The molecule has 0 aromatic heterocycles. The predicted molar refractivity (Wildman–Crippen MR) is 113 cm³/mol. The summed E-state index contributed by atoms with van der Waals surface area (Å²) in [6, 6.07) is 11.6. The largest absolute Gasteiger partial charge is 0.493 e. The monoisotopic (exact) mass is 512 g/mol. The molecule has 0 fully saturated rings. The first kappa shape index (κ1) is 21.5. The number of benzene rings is 2. The molecule has 2 aromatic carbocycles. The van der Waals surface area contributed by atoms with Gasteiger partial charge < -0.3 is 19.9 Å². The van der Waals surface area contributed by atoms with Gasteiger partial charge in [-0.2, -0.15) is 5.26 Å². The first-order valence-corrected chi connectivity index (χ1v) is 9.20. The van der Waals surface area contributed by atoms with Crippen molar-refractivity contribution in [2.45, 2.75) is 0 Å². The van der Waals surface area contributed by atoms with Crippen molar-refractivity contribution < 1.29 is 24.2 Å². The maximum atomic E-state index is 12.4. The third-order valence-corrected chi connectivity index (χ3v) is 4.39. The van der Waals surface area contributed by atoms with Crippen LogP contribution in [-0.4, -0.2) is 30.7 Å². The summed E-state index contributed by atoms with van der Waals surface area (Å²) in [5, 5.41) is 21.2. The molecular formula is C19H14ClIN2O5. The van der Waals surface area contributed by atoms with Gasteiger partial charge in [-0.25, -0.2) is 4.79 Å². The second kappa shape index (κ2) is 9.96. The summed E-state index contributed by atoms with van der Waals surface area (Å²) in [4.78, 5) is 23.1. The van der Waals surface area contributed by atoms with Crippen molar-refractivity contribution >= 4 is 57.8 Å². The van der Waals surface area contributed by atoms with Gasteiger partial charge in [-0.1, -0.05) is 17.7 Å². The Bertz CT molecular complexity index is 985. The van der Waals surface area contributed by atoms with Crippen molar-refractivity contribution in [3.63, 3.8) is 0 Å². The van der Waals surface area contributed by atoms with Crippen LogP contribution in [0.25, 0.3) is 6.08 Å². The summed E-state index contributed by atoms with van der Waals surface area (Å²) in [7, 11) is 1.41. The molecule has 28 heavy (non-hydrogen) atoms. The lowest BCUT2D eigenvalue weighted by atomic mass is 10.1. The number of anilines is 1. The Morgan fingerprint density at radius 2 is 2.11 bits per heavy atom. The number of amides is 1. The molecule has 0 bridgehead atoms. The van der Waals surface area contributed by atoms with Crippen LogP contribution in [0.5, 0.6) is 11.5 Å². The molecule has 7 nitrogen and oxygen atoms in total. The number of carboxylic acids is 1. The van der Waals surface area contributed by atoms with Crippen LogP contribution in [0.3, 0.4) is 0 Å². The number of nitrogens with one attached hydrogen (secondary N) is 1. The zero-order chi connectivity index (χ0) is 20.7. The summed E-state index contributed by atoms with van der Waals surface area (Å²) in [5.41, 5.74) is 0.849. The van der Waals surface area contributed by atoms with Crippen molar-refractivity contribution in [1.82, 2.24) is 0 Å². The maximum absolute atomic E-state index is 12.4. The number of carbonyl (C=O) groups excluding carboxylic acids is 1. The number of carbonyl (C=O) groups is 2. The van der Waals surface area contributed by atoms with Crippen LogP contribution in [0.2, 0.25) is 5.02 Å². The lowest BCUT2D eigenvalue weighted by Crippen LogP contribution is -2.13. The van der Waals surface area contributed by atoms with Crippen LogP contribution >= 0.6 is 34.2 Å². The third-order valence-electron chi connectivity index (χ3n) is 3.35. The SMILES string of the molecule is COc1cc(/C=C(\C#N)C(=O)Nc2cccc(Cl)c2)cc(I)c1OCC(=O)O. The average molecular weight is 513 g/mol. The molecule has 0 aliphatic heterocycles. The number of hydrogen-bond acceptors (Lipinski definition) is 5. The molecule has 144 valence electrons. The van der Waals surface area contributed by atoms with Gasteiger partial charge in [0.2, 0.25) is 0 Å². The Labute approximate surface area is 179 Å². The minimum absolute atomic E-state index is 0.128. The Morgan fingerprint density at radius 3 is 2.71 bits per heavy atom. The highest BCUT2D eigenvalue weighted by Gasteiger charge is 2.15. The highest BCUT2D eigenvalue weighted by Crippen LogP contribution is 2.34. The van der Waals surface area contributed by atoms with E-state index in [4.69, 9.17) is 26.2 Å². The van der Waals surface area contributed by atoms with E-state index in [-0.39, 0.29) is 17.1 Å². The van der Waals surface area contributed by atoms with E-state index in [0.717, 1.165) is 0 Å². The molecule has 0 heterocycles. The summed E-state index contributed by atoms with van der Waals surface area (Å²) in [6.45, 7) is -0.521. The summed E-state index contributed by atoms with van der Waals surface area (Å²) in [5.74, 6) is -1.16. The van der Waals surface area contributed by atoms with Crippen molar-refractivity contribution in [2.75, 3.05) is 19.0 Å². The zero-order valence-corrected chi connectivity index (χ0v) is 17.4. The minimum Gasteiger partial charge on any atom is -0.493 e. The molecule has 9 heteroatoms. The highest BCUT2D eigenvalue weighted by molar-refractivity contribution is 14.1. The van der Waals surface area contributed by atoms with Crippen LogP contribution < -0.4 is 14.8 Å². The summed E-state index contributed by atoms with van der Waals surface area (Å²) < 4.78 is 11.0. The fourth-order valence-electron chi connectivity index (χ4n) is 2.18. The first-order valence-electron chi connectivity index (χ1n) is 7.75. The highest BCUT2D eigenvalue weighted by atomic mass is 127. The molecule has 0 saturated carbocycles. The van der Waals surface area contributed by atoms with Gasteiger partial charge in [0.1, 0.15) is 11.6 Å². The summed E-state index contributed by atoms with van der Waals surface area (Å²) in [6.07, 6.45) is 1.39. The standard InChI is InChI=1S/C19H14ClIN2O5/c1-27-16-7-11(6-15(21)18(16)28-10-17(24)25)5-12(9-22)19(26)23-14-4-2-3-13(20)8-14/h2-8H,10H2,1H3,(H,23,26)(H,24,25)/b12-5+. The van der Waals surface area contributed by atoms with Crippen LogP contribution in [0, 0.1) is 14.9 Å². The Balaban J connectivity index is 2.30. The Kier molecular flexibility index (Phi) is 7.66. The molecule has 0 aliphatic carbocycles. The van der Waals surface area contributed by atoms with Gasteiger partial charge in [-0.15, -0.1) is 0 Å². The quantitative estimate of drug-likeness (QED) is 0.330. The molecule has 2 rings (SSSR count). The van der Waals surface area contributed by atoms with Gasteiger partial charge in [-0.3, -0.25) is 4.79 Å². The fraction of sp³-hybridized carbons (Fsp3) is 0.105. The normalized spacial score (nSPS) is 10.7. The molecule has 0 aliphatic rings. The van der Waals surface area contributed by atoms with Gasteiger partial charge in [0.15, 0.2) is 18.1 Å². The van der Waals surface area contributed by atoms with Gasteiger partial charge in [0, 0.05) is 10.7 Å². The van der Waals surface area contributed by atoms with E-state index in [9.17, 15) is 14.9 Å². The lowest BCUT2D eigenvalue weighted by molar-refractivity contribution is -0.139. The number of hydrogen-bond donors (Lipinski definition) is 2. The topological polar surface area (TPSA) is 109 Å². The molecule has 0 saturated heterocycles. The van der Waals surface area contributed by atoms with Crippen molar-refractivity contribution in [3.05, 3.63) is 56.1 Å². The molecule has 0 unspecified atom stereocenters. The summed E-state index contributed by atoms with van der Waals surface area (Å²) >= 11 is 7.84. The number of halogens is 2. The van der Waals surface area contributed by atoms with E-state index in [1.165, 1.54) is 13.2 Å². The number of nitriles is 1. The van der Waals surface area contributed by atoms with Crippen LogP contribution in [-0.2, 0) is 9.59 Å². The van der Waals surface area contributed by atoms with Gasteiger partial charge in [0.25, 0.3) is 5.91 Å². The number of aliphatic carboxylic acids is 1. The first-order chi connectivity index (χ1) is 13.3. The van der Waals surface area contributed by atoms with E-state index in [0.29, 0.717) is 19.8 Å². The molecule has 1 amide bonds. The van der Waals surface area contributed by atoms with Crippen molar-refractivity contribution in [2.24, 2.45) is 0 Å². The second-order valence-corrected chi connectivity index (χ2v) is 6.95. The number of ether oxygens (including phenoxy) is 2. The maximum Gasteiger partial charge on any atom is 0.341 e. The van der Waals surface area contributed by atoms with Gasteiger partial charge >= 0.3 is 5.97 Å². The van der Waals surface area contributed by atoms with E-state index in [2.05, 4.69) is 5.32 Å². The molecule has 0 atom stereocenters. The number of nitrogens with zero attached hydrogens (tertiary/aromatic N) is 1. The van der Waals surface area contributed by atoms with Crippen LogP contribution in [0.4, 0.5) is 5.69 Å². The molecular weight excluding hydrogens is 499 g/mol. The molecule has 0 spiro atoms. The Hall–Kier alpha value is -2.77. The number of methoxy groups -OCH3 is 1. The number of rotatable bonds is 7. The van der Waals surface area contributed by atoms with Crippen LogP contribution in [0.1, 0.15) is 5.56 Å². The second-order valence-electron chi connectivity index (χ2n) is 5.35.